The molecule has 0 radical (unpaired) electrons. The molecular weight excluding hydrogens is 304 g/mol. The molecule has 24 heavy (non-hydrogen) atoms. The van der Waals surface area contributed by atoms with Crippen LogP contribution >= 0.6 is 0 Å². The topological polar surface area (TPSA) is 55.8 Å². The zero-order valence-electron chi connectivity index (χ0n) is 14.0. The quantitative estimate of drug-likeness (QED) is 0.739. The molecule has 0 saturated carbocycles. The minimum atomic E-state index is -0.909. The number of methoxy groups -OCH3 is 2. The number of hydrogen-bond donors (Lipinski definition) is 1. The third kappa shape index (κ3) is 4.62. The van der Waals surface area contributed by atoms with Crippen LogP contribution in [0.2, 0.25) is 0 Å². The van der Waals surface area contributed by atoms with E-state index >= 15 is 0 Å². The van der Waals surface area contributed by atoms with E-state index in [9.17, 15) is 9.90 Å². The van der Waals surface area contributed by atoms with Gasteiger partial charge in [0.2, 0.25) is 0 Å². The molecule has 0 fully saturated rings. The van der Waals surface area contributed by atoms with Crippen molar-refractivity contribution in [3.05, 3.63) is 65.2 Å². The number of aryl methyl sites for hydroxylation is 1. The number of para-hydroxylation sites is 1. The molecule has 0 aromatic heterocycles. The van der Waals surface area contributed by atoms with Crippen LogP contribution in [0.3, 0.4) is 0 Å². The van der Waals surface area contributed by atoms with Crippen LogP contribution in [0.5, 0.6) is 11.5 Å². The predicted octanol–water partition coefficient (Wildman–Crippen LogP) is 4.19. The first kappa shape index (κ1) is 17.6. The first-order valence-electron chi connectivity index (χ1n) is 7.84. The SMILES string of the molecule is COc1cccc(/C=C(\CCCc2ccccc2)C(=O)O)c1OC. The largest absolute Gasteiger partial charge is 0.493 e. The van der Waals surface area contributed by atoms with Gasteiger partial charge in [-0.05, 0) is 37.0 Å². The van der Waals surface area contributed by atoms with Gasteiger partial charge >= 0.3 is 5.97 Å². The number of rotatable bonds is 8. The summed E-state index contributed by atoms with van der Waals surface area (Å²) >= 11 is 0. The maximum Gasteiger partial charge on any atom is 0.331 e. The van der Waals surface area contributed by atoms with Crippen molar-refractivity contribution in [2.75, 3.05) is 14.2 Å². The molecule has 0 spiro atoms. The molecule has 2 aromatic carbocycles. The average molecular weight is 326 g/mol. The smallest absolute Gasteiger partial charge is 0.331 e. The van der Waals surface area contributed by atoms with E-state index in [1.54, 1.807) is 26.4 Å². The molecule has 0 aliphatic rings. The van der Waals surface area contributed by atoms with Crippen LogP contribution in [0.15, 0.2) is 54.1 Å². The van der Waals surface area contributed by atoms with Gasteiger partial charge in [-0.3, -0.25) is 0 Å². The van der Waals surface area contributed by atoms with E-state index in [0.717, 1.165) is 12.8 Å². The molecule has 0 saturated heterocycles. The van der Waals surface area contributed by atoms with Gasteiger partial charge in [-0.25, -0.2) is 4.79 Å². The Morgan fingerprint density at radius 2 is 1.79 bits per heavy atom. The fourth-order valence-electron chi connectivity index (χ4n) is 2.58. The summed E-state index contributed by atoms with van der Waals surface area (Å²) in [6.07, 6.45) is 3.77. The second-order valence-electron chi connectivity index (χ2n) is 5.40. The average Bonchev–Trinajstić information content (AvgIpc) is 2.61. The summed E-state index contributed by atoms with van der Waals surface area (Å²) in [6.45, 7) is 0. The van der Waals surface area contributed by atoms with Gasteiger partial charge in [0, 0.05) is 11.1 Å². The van der Waals surface area contributed by atoms with Gasteiger partial charge in [-0.15, -0.1) is 0 Å². The molecule has 0 aliphatic carbocycles. The zero-order valence-corrected chi connectivity index (χ0v) is 14.0. The zero-order chi connectivity index (χ0) is 17.4. The van der Waals surface area contributed by atoms with Crippen molar-refractivity contribution in [3.8, 4) is 11.5 Å². The van der Waals surface area contributed by atoms with Gasteiger partial charge in [0.25, 0.3) is 0 Å². The maximum atomic E-state index is 11.6. The fraction of sp³-hybridized carbons (Fsp3) is 0.250. The maximum absolute atomic E-state index is 11.6. The van der Waals surface area contributed by atoms with Gasteiger partial charge in [0.05, 0.1) is 14.2 Å². The molecule has 126 valence electrons. The number of hydrogen-bond acceptors (Lipinski definition) is 3. The Bertz CT molecular complexity index is 705. The highest BCUT2D eigenvalue weighted by Gasteiger charge is 2.12. The highest BCUT2D eigenvalue weighted by molar-refractivity contribution is 5.92. The summed E-state index contributed by atoms with van der Waals surface area (Å²) < 4.78 is 10.6. The third-order valence-electron chi connectivity index (χ3n) is 3.79. The van der Waals surface area contributed by atoms with Gasteiger partial charge in [0.15, 0.2) is 11.5 Å². The van der Waals surface area contributed by atoms with Crippen molar-refractivity contribution < 1.29 is 19.4 Å². The van der Waals surface area contributed by atoms with Gasteiger partial charge in [-0.1, -0.05) is 42.5 Å². The number of carboxylic acid groups (broad SMARTS) is 1. The minimum absolute atomic E-state index is 0.359. The molecule has 4 nitrogen and oxygen atoms in total. The molecule has 2 rings (SSSR count). The molecule has 1 N–H and O–H groups in total. The second kappa shape index (κ2) is 8.77. The van der Waals surface area contributed by atoms with E-state index in [2.05, 4.69) is 12.1 Å². The van der Waals surface area contributed by atoms with E-state index in [-0.39, 0.29) is 0 Å². The Morgan fingerprint density at radius 1 is 1.04 bits per heavy atom. The fourth-order valence-corrected chi connectivity index (χ4v) is 2.58. The van der Waals surface area contributed by atoms with E-state index in [4.69, 9.17) is 9.47 Å². The van der Waals surface area contributed by atoms with Gasteiger partial charge in [0.1, 0.15) is 0 Å². The van der Waals surface area contributed by atoms with Crippen molar-refractivity contribution in [2.45, 2.75) is 19.3 Å². The molecule has 0 amide bonds. The van der Waals surface area contributed by atoms with Crippen LogP contribution in [-0.2, 0) is 11.2 Å². The number of ether oxygens (including phenoxy) is 2. The molecule has 0 aliphatic heterocycles. The van der Waals surface area contributed by atoms with E-state index in [1.807, 2.05) is 30.3 Å². The van der Waals surface area contributed by atoms with Crippen LogP contribution in [0.25, 0.3) is 6.08 Å². The van der Waals surface area contributed by atoms with Crippen molar-refractivity contribution in [3.63, 3.8) is 0 Å². The molecule has 2 aromatic rings. The second-order valence-corrected chi connectivity index (χ2v) is 5.40. The summed E-state index contributed by atoms with van der Waals surface area (Å²) in [5.74, 6) is 0.218. The predicted molar refractivity (Wildman–Crippen MR) is 94.5 cm³/mol. The minimum Gasteiger partial charge on any atom is -0.493 e. The lowest BCUT2D eigenvalue weighted by atomic mass is 10.0. The van der Waals surface area contributed by atoms with E-state index in [1.165, 1.54) is 5.56 Å². The summed E-state index contributed by atoms with van der Waals surface area (Å²) in [6, 6.07) is 15.5. The molecule has 4 heteroatoms. The highest BCUT2D eigenvalue weighted by atomic mass is 16.5. The summed E-state index contributed by atoms with van der Waals surface area (Å²) in [5.41, 5.74) is 2.27. The number of benzene rings is 2. The summed E-state index contributed by atoms with van der Waals surface area (Å²) in [7, 11) is 3.11. The summed E-state index contributed by atoms with van der Waals surface area (Å²) in [5, 5.41) is 9.48. The van der Waals surface area contributed by atoms with Gasteiger partial charge < -0.3 is 14.6 Å². The standard InChI is InChI=1S/C20H22O4/c1-23-18-13-7-11-16(19(18)24-2)14-17(20(21)22)12-6-10-15-8-4-3-5-9-15/h3-5,7-9,11,13-14H,6,10,12H2,1-2H3,(H,21,22)/b17-14+. The van der Waals surface area contributed by atoms with Crippen LogP contribution in [0.1, 0.15) is 24.0 Å². The number of carbonyl (C=O) groups is 1. The highest BCUT2D eigenvalue weighted by Crippen LogP contribution is 2.32. The Morgan fingerprint density at radius 3 is 2.42 bits per heavy atom. The van der Waals surface area contributed by atoms with E-state index in [0.29, 0.717) is 29.1 Å². The van der Waals surface area contributed by atoms with Crippen molar-refractivity contribution in [2.24, 2.45) is 0 Å². The van der Waals surface area contributed by atoms with Crippen LogP contribution in [-0.4, -0.2) is 25.3 Å². The Labute approximate surface area is 142 Å². The lowest BCUT2D eigenvalue weighted by molar-refractivity contribution is -0.132. The number of aliphatic carboxylic acids is 1. The van der Waals surface area contributed by atoms with Crippen LogP contribution in [0.4, 0.5) is 0 Å². The van der Waals surface area contributed by atoms with Gasteiger partial charge in [-0.2, -0.15) is 0 Å². The first-order chi connectivity index (χ1) is 11.7. The normalized spacial score (nSPS) is 11.2. The van der Waals surface area contributed by atoms with Crippen LogP contribution in [0, 0.1) is 0 Å². The Kier molecular flexibility index (Phi) is 6.43. The Hall–Kier alpha value is -2.75. The molecule has 0 heterocycles. The molecular formula is C20H22O4. The van der Waals surface area contributed by atoms with E-state index < -0.39 is 5.97 Å². The van der Waals surface area contributed by atoms with Crippen molar-refractivity contribution in [1.82, 2.24) is 0 Å². The van der Waals surface area contributed by atoms with Crippen molar-refractivity contribution in [1.29, 1.82) is 0 Å². The number of carboxylic acids is 1. The third-order valence-corrected chi connectivity index (χ3v) is 3.79. The monoisotopic (exact) mass is 326 g/mol. The lowest BCUT2D eigenvalue weighted by Gasteiger charge is -2.11. The lowest BCUT2D eigenvalue weighted by Crippen LogP contribution is -2.02. The molecule has 0 atom stereocenters. The first-order valence-corrected chi connectivity index (χ1v) is 7.84. The van der Waals surface area contributed by atoms with Crippen LogP contribution < -0.4 is 9.47 Å². The molecule has 0 bridgehead atoms. The Balaban J connectivity index is 2.15. The van der Waals surface area contributed by atoms with Crippen molar-refractivity contribution >= 4 is 12.0 Å². The summed E-state index contributed by atoms with van der Waals surface area (Å²) in [4.78, 5) is 11.6. The molecule has 0 unspecified atom stereocenters.